The van der Waals surface area contributed by atoms with E-state index in [1.165, 1.54) is 12.1 Å². The summed E-state index contributed by atoms with van der Waals surface area (Å²) < 4.78 is 15.5. The Bertz CT molecular complexity index is 689. The molecule has 0 aliphatic carbocycles. The van der Waals surface area contributed by atoms with Gasteiger partial charge in [-0.2, -0.15) is 0 Å². The van der Waals surface area contributed by atoms with Gasteiger partial charge in [0.1, 0.15) is 5.82 Å². The SMILES string of the molecule is CC(C)CNC(=S)N1CCC(n2cnc3cc(F)ccc32)CC1. The van der Waals surface area contributed by atoms with Gasteiger partial charge >= 0.3 is 0 Å². The number of likely N-dealkylation sites (tertiary alicyclic amines) is 1. The fraction of sp³-hybridized carbons (Fsp3) is 0.529. The predicted octanol–water partition coefficient (Wildman–Crippen LogP) is 3.34. The highest BCUT2D eigenvalue weighted by molar-refractivity contribution is 7.80. The molecule has 1 aliphatic rings. The minimum absolute atomic E-state index is 0.237. The van der Waals surface area contributed by atoms with Crippen LogP contribution in [-0.2, 0) is 0 Å². The van der Waals surface area contributed by atoms with Crippen molar-refractivity contribution in [2.75, 3.05) is 19.6 Å². The molecule has 4 nitrogen and oxygen atoms in total. The summed E-state index contributed by atoms with van der Waals surface area (Å²) in [4.78, 5) is 6.57. The molecule has 124 valence electrons. The van der Waals surface area contributed by atoms with Gasteiger partial charge in [0.2, 0.25) is 0 Å². The summed E-state index contributed by atoms with van der Waals surface area (Å²) in [5, 5.41) is 4.19. The molecule has 0 atom stereocenters. The van der Waals surface area contributed by atoms with Gasteiger partial charge in [-0.25, -0.2) is 9.37 Å². The smallest absolute Gasteiger partial charge is 0.168 e. The molecule has 1 aromatic carbocycles. The number of aromatic nitrogens is 2. The third kappa shape index (κ3) is 3.63. The highest BCUT2D eigenvalue weighted by Crippen LogP contribution is 2.26. The number of nitrogens with zero attached hydrogens (tertiary/aromatic N) is 3. The van der Waals surface area contributed by atoms with Gasteiger partial charge in [-0.15, -0.1) is 0 Å². The van der Waals surface area contributed by atoms with Crippen molar-refractivity contribution in [2.45, 2.75) is 32.7 Å². The summed E-state index contributed by atoms with van der Waals surface area (Å²) in [5.74, 6) is 0.349. The van der Waals surface area contributed by atoms with Crippen molar-refractivity contribution in [3.8, 4) is 0 Å². The lowest BCUT2D eigenvalue weighted by molar-refractivity contribution is 0.267. The molecule has 1 fully saturated rings. The molecule has 0 spiro atoms. The number of hydrogen-bond acceptors (Lipinski definition) is 2. The summed E-state index contributed by atoms with van der Waals surface area (Å²) in [6.45, 7) is 7.14. The number of thiocarbonyl (C=S) groups is 1. The molecule has 2 aromatic rings. The van der Waals surface area contributed by atoms with Crippen LogP contribution in [0.25, 0.3) is 11.0 Å². The van der Waals surface area contributed by atoms with E-state index < -0.39 is 0 Å². The van der Waals surface area contributed by atoms with Gasteiger partial charge in [0, 0.05) is 31.7 Å². The number of benzene rings is 1. The minimum Gasteiger partial charge on any atom is -0.362 e. The molecule has 3 rings (SSSR count). The summed E-state index contributed by atoms with van der Waals surface area (Å²) in [6.07, 6.45) is 3.87. The first-order chi connectivity index (χ1) is 11.0. The first-order valence-electron chi connectivity index (χ1n) is 8.19. The minimum atomic E-state index is -0.237. The van der Waals surface area contributed by atoms with Crippen LogP contribution in [-0.4, -0.2) is 39.2 Å². The number of rotatable bonds is 3. The quantitative estimate of drug-likeness (QED) is 0.873. The van der Waals surface area contributed by atoms with E-state index in [-0.39, 0.29) is 5.82 Å². The van der Waals surface area contributed by atoms with Gasteiger partial charge in [-0.1, -0.05) is 13.8 Å². The Morgan fingerprint density at radius 1 is 1.39 bits per heavy atom. The second-order valence-corrected chi connectivity index (χ2v) is 6.97. The average Bonchev–Trinajstić information content (AvgIpc) is 2.95. The Morgan fingerprint density at radius 3 is 2.83 bits per heavy atom. The van der Waals surface area contributed by atoms with E-state index in [1.54, 1.807) is 0 Å². The summed E-state index contributed by atoms with van der Waals surface area (Å²) in [5.41, 5.74) is 1.73. The zero-order chi connectivity index (χ0) is 16.4. The maximum Gasteiger partial charge on any atom is 0.168 e. The molecule has 2 heterocycles. The molecular formula is C17H23FN4S. The Morgan fingerprint density at radius 2 is 2.13 bits per heavy atom. The normalized spacial score (nSPS) is 16.3. The highest BCUT2D eigenvalue weighted by atomic mass is 32.1. The molecule has 0 saturated carbocycles. The van der Waals surface area contributed by atoms with Crippen molar-refractivity contribution in [2.24, 2.45) is 5.92 Å². The summed E-state index contributed by atoms with van der Waals surface area (Å²) >= 11 is 5.48. The molecule has 1 saturated heterocycles. The van der Waals surface area contributed by atoms with Crippen LogP contribution >= 0.6 is 12.2 Å². The number of imidazole rings is 1. The van der Waals surface area contributed by atoms with E-state index in [2.05, 4.69) is 33.6 Å². The first kappa shape index (κ1) is 16.2. The van der Waals surface area contributed by atoms with Crippen LogP contribution < -0.4 is 5.32 Å². The molecule has 1 N–H and O–H groups in total. The number of piperidine rings is 1. The van der Waals surface area contributed by atoms with Crippen molar-refractivity contribution in [3.63, 3.8) is 0 Å². The molecular weight excluding hydrogens is 311 g/mol. The van der Waals surface area contributed by atoms with E-state index in [4.69, 9.17) is 12.2 Å². The summed E-state index contributed by atoms with van der Waals surface area (Å²) in [7, 11) is 0. The lowest BCUT2D eigenvalue weighted by atomic mass is 10.0. The third-order valence-corrected chi connectivity index (χ3v) is 4.75. The van der Waals surface area contributed by atoms with Crippen molar-refractivity contribution in [1.29, 1.82) is 0 Å². The topological polar surface area (TPSA) is 33.1 Å². The van der Waals surface area contributed by atoms with Crippen LogP contribution in [0.15, 0.2) is 24.5 Å². The van der Waals surface area contributed by atoms with Gasteiger partial charge in [-0.05, 0) is 43.1 Å². The van der Waals surface area contributed by atoms with Crippen molar-refractivity contribution >= 4 is 28.4 Å². The molecule has 6 heteroatoms. The van der Waals surface area contributed by atoms with Gasteiger partial charge in [-0.3, -0.25) is 0 Å². The van der Waals surface area contributed by atoms with Crippen molar-refractivity contribution < 1.29 is 4.39 Å². The maximum absolute atomic E-state index is 13.3. The fourth-order valence-corrected chi connectivity index (χ4v) is 3.31. The van der Waals surface area contributed by atoms with E-state index >= 15 is 0 Å². The Labute approximate surface area is 141 Å². The van der Waals surface area contributed by atoms with E-state index in [9.17, 15) is 4.39 Å². The molecule has 0 unspecified atom stereocenters. The van der Waals surface area contributed by atoms with Gasteiger partial charge in [0.05, 0.1) is 17.4 Å². The standard InChI is InChI=1S/C17H23FN4S/c1-12(2)10-19-17(23)21-7-5-14(6-8-21)22-11-20-15-9-13(18)3-4-16(15)22/h3-4,9,11-12,14H,5-8,10H2,1-2H3,(H,19,23). The zero-order valence-corrected chi connectivity index (χ0v) is 14.4. The van der Waals surface area contributed by atoms with Crippen LogP contribution in [0.2, 0.25) is 0 Å². The number of hydrogen-bond donors (Lipinski definition) is 1. The van der Waals surface area contributed by atoms with E-state index in [0.717, 1.165) is 48.6 Å². The van der Waals surface area contributed by atoms with E-state index in [1.807, 2.05) is 12.4 Å². The Hall–Kier alpha value is -1.69. The second kappa shape index (κ2) is 6.83. The number of nitrogens with one attached hydrogen (secondary N) is 1. The summed E-state index contributed by atoms with van der Waals surface area (Å²) in [6, 6.07) is 5.21. The van der Waals surface area contributed by atoms with Crippen molar-refractivity contribution in [1.82, 2.24) is 19.8 Å². The van der Waals surface area contributed by atoms with Gasteiger partial charge < -0.3 is 14.8 Å². The highest BCUT2D eigenvalue weighted by Gasteiger charge is 2.23. The van der Waals surface area contributed by atoms with Crippen LogP contribution in [0, 0.1) is 11.7 Å². The molecule has 0 amide bonds. The lowest BCUT2D eigenvalue weighted by Crippen LogP contribution is -2.45. The number of fused-ring (bicyclic) bond motifs is 1. The molecule has 1 aromatic heterocycles. The first-order valence-corrected chi connectivity index (χ1v) is 8.60. The van der Waals surface area contributed by atoms with Crippen LogP contribution in [0.5, 0.6) is 0 Å². The zero-order valence-electron chi connectivity index (χ0n) is 13.6. The molecule has 0 bridgehead atoms. The predicted molar refractivity (Wildman–Crippen MR) is 95.0 cm³/mol. The fourth-order valence-electron chi connectivity index (χ4n) is 3.05. The lowest BCUT2D eigenvalue weighted by Gasteiger charge is -2.34. The van der Waals surface area contributed by atoms with Crippen LogP contribution in [0.4, 0.5) is 4.39 Å². The monoisotopic (exact) mass is 334 g/mol. The van der Waals surface area contributed by atoms with Gasteiger partial charge in [0.15, 0.2) is 5.11 Å². The molecule has 23 heavy (non-hydrogen) atoms. The van der Waals surface area contributed by atoms with Crippen LogP contribution in [0.1, 0.15) is 32.7 Å². The van der Waals surface area contributed by atoms with E-state index in [0.29, 0.717) is 12.0 Å². The molecule has 1 aliphatic heterocycles. The number of halogens is 1. The third-order valence-electron chi connectivity index (χ3n) is 4.34. The Balaban J connectivity index is 1.63. The van der Waals surface area contributed by atoms with Gasteiger partial charge in [0.25, 0.3) is 0 Å². The van der Waals surface area contributed by atoms with Crippen molar-refractivity contribution in [3.05, 3.63) is 30.3 Å². The Kier molecular flexibility index (Phi) is 4.80. The average molecular weight is 334 g/mol. The molecule has 0 radical (unpaired) electrons. The maximum atomic E-state index is 13.3. The van der Waals surface area contributed by atoms with Crippen LogP contribution in [0.3, 0.4) is 0 Å². The second-order valence-electron chi connectivity index (χ2n) is 6.58. The largest absolute Gasteiger partial charge is 0.362 e.